The zero-order chi connectivity index (χ0) is 14.8. The molecule has 1 aliphatic heterocycles. The molecule has 0 bridgehead atoms. The highest BCUT2D eigenvalue weighted by Gasteiger charge is 2.24. The molecule has 1 saturated heterocycles. The van der Waals surface area contributed by atoms with Crippen LogP contribution in [0.1, 0.15) is 26.5 Å². The van der Waals surface area contributed by atoms with Crippen LogP contribution in [0.4, 0.5) is 5.82 Å². The predicted octanol–water partition coefficient (Wildman–Crippen LogP) is 2.77. The molecule has 3 rings (SSSR count). The molecule has 0 aliphatic carbocycles. The monoisotopic (exact) mass is 304 g/mol. The minimum Gasteiger partial charge on any atom is -0.351 e. The van der Waals surface area contributed by atoms with Gasteiger partial charge in [0.05, 0.1) is 5.69 Å². The van der Waals surface area contributed by atoms with Crippen LogP contribution in [0.2, 0.25) is 0 Å². The molecule has 0 spiro atoms. The average molecular weight is 304 g/mol. The molecule has 5 heteroatoms. The van der Waals surface area contributed by atoms with E-state index >= 15 is 0 Å². The van der Waals surface area contributed by atoms with E-state index in [0.29, 0.717) is 12.1 Å². The summed E-state index contributed by atoms with van der Waals surface area (Å²) in [5, 5.41) is 3.54. The fourth-order valence-corrected chi connectivity index (χ4v) is 3.78. The molecule has 1 fully saturated rings. The lowest BCUT2D eigenvalue weighted by molar-refractivity contribution is 0.576. The Labute approximate surface area is 130 Å². The van der Waals surface area contributed by atoms with Gasteiger partial charge in [-0.1, -0.05) is 19.9 Å². The lowest BCUT2D eigenvalue weighted by atomic mass is 10.2. The van der Waals surface area contributed by atoms with Crippen LogP contribution in [-0.4, -0.2) is 39.5 Å². The summed E-state index contributed by atoms with van der Waals surface area (Å²) in [6, 6.07) is 7.24. The van der Waals surface area contributed by atoms with Gasteiger partial charge in [-0.25, -0.2) is 4.98 Å². The van der Waals surface area contributed by atoms with Gasteiger partial charge in [0.1, 0.15) is 5.65 Å². The van der Waals surface area contributed by atoms with Crippen molar-refractivity contribution in [3.8, 4) is 0 Å². The van der Waals surface area contributed by atoms with Crippen molar-refractivity contribution < 1.29 is 0 Å². The van der Waals surface area contributed by atoms with Crippen molar-refractivity contribution in [1.82, 2.24) is 14.7 Å². The van der Waals surface area contributed by atoms with Crippen LogP contribution in [0, 0.1) is 0 Å². The SMILES string of the molecule is CC(C)NCc1c(N2CCSCC2C)nc2ccccn12. The number of hydrogen-bond acceptors (Lipinski definition) is 4. The first-order valence-electron chi connectivity index (χ1n) is 7.70. The fourth-order valence-electron chi connectivity index (χ4n) is 2.77. The van der Waals surface area contributed by atoms with Crippen molar-refractivity contribution in [2.24, 2.45) is 0 Å². The summed E-state index contributed by atoms with van der Waals surface area (Å²) in [4.78, 5) is 7.38. The molecule has 1 unspecified atom stereocenters. The molecule has 3 heterocycles. The first-order valence-corrected chi connectivity index (χ1v) is 8.86. The highest BCUT2D eigenvalue weighted by Crippen LogP contribution is 2.27. The van der Waals surface area contributed by atoms with Crippen LogP contribution in [0.25, 0.3) is 5.65 Å². The second kappa shape index (κ2) is 6.28. The normalized spacial score (nSPS) is 19.6. The molecule has 1 atom stereocenters. The number of fused-ring (bicyclic) bond motifs is 1. The largest absolute Gasteiger partial charge is 0.351 e. The van der Waals surface area contributed by atoms with Gasteiger partial charge in [0.25, 0.3) is 0 Å². The summed E-state index contributed by atoms with van der Waals surface area (Å²) in [6.45, 7) is 8.61. The second-order valence-electron chi connectivity index (χ2n) is 5.96. The molecular formula is C16H24N4S. The highest BCUT2D eigenvalue weighted by molar-refractivity contribution is 7.99. The van der Waals surface area contributed by atoms with E-state index in [1.807, 2.05) is 11.8 Å². The lowest BCUT2D eigenvalue weighted by Gasteiger charge is -2.34. The summed E-state index contributed by atoms with van der Waals surface area (Å²) in [5.41, 5.74) is 2.32. The van der Waals surface area contributed by atoms with Crippen molar-refractivity contribution in [3.63, 3.8) is 0 Å². The Hall–Kier alpha value is -1.20. The van der Waals surface area contributed by atoms with E-state index < -0.39 is 0 Å². The average Bonchev–Trinajstić information content (AvgIpc) is 2.84. The van der Waals surface area contributed by atoms with Crippen LogP contribution in [0.5, 0.6) is 0 Å². The Balaban J connectivity index is 2.01. The summed E-state index contributed by atoms with van der Waals surface area (Å²) >= 11 is 2.04. The Morgan fingerprint density at radius 1 is 1.43 bits per heavy atom. The predicted molar refractivity (Wildman–Crippen MR) is 91.3 cm³/mol. The van der Waals surface area contributed by atoms with Crippen LogP contribution in [-0.2, 0) is 6.54 Å². The first kappa shape index (κ1) is 14.7. The molecule has 0 aromatic carbocycles. The minimum atomic E-state index is 0.474. The molecule has 2 aromatic heterocycles. The summed E-state index contributed by atoms with van der Waals surface area (Å²) < 4.78 is 2.22. The van der Waals surface area contributed by atoms with E-state index in [4.69, 9.17) is 4.98 Å². The van der Waals surface area contributed by atoms with Crippen LogP contribution in [0.15, 0.2) is 24.4 Å². The van der Waals surface area contributed by atoms with Crippen molar-refractivity contribution in [2.45, 2.75) is 39.4 Å². The molecule has 0 amide bonds. The summed E-state index contributed by atoms with van der Waals surface area (Å²) in [5.74, 6) is 3.53. The molecule has 114 valence electrons. The standard InChI is InChI=1S/C16H24N4S/c1-12(2)17-10-14-16(19-8-9-21-11-13(19)3)18-15-6-4-5-7-20(14)15/h4-7,12-13,17H,8-11H2,1-3H3. The number of imidazole rings is 1. The maximum atomic E-state index is 4.90. The van der Waals surface area contributed by atoms with E-state index in [-0.39, 0.29) is 0 Å². The molecular weight excluding hydrogens is 280 g/mol. The van der Waals surface area contributed by atoms with Gasteiger partial charge in [0.2, 0.25) is 0 Å². The molecule has 1 N–H and O–H groups in total. The van der Waals surface area contributed by atoms with Crippen LogP contribution < -0.4 is 10.2 Å². The van der Waals surface area contributed by atoms with Crippen molar-refractivity contribution in [1.29, 1.82) is 0 Å². The van der Waals surface area contributed by atoms with Gasteiger partial charge in [-0.05, 0) is 19.1 Å². The quantitative estimate of drug-likeness (QED) is 0.941. The smallest absolute Gasteiger partial charge is 0.152 e. The molecule has 21 heavy (non-hydrogen) atoms. The third kappa shape index (κ3) is 3.04. The van der Waals surface area contributed by atoms with E-state index in [1.165, 1.54) is 17.2 Å². The van der Waals surface area contributed by atoms with Gasteiger partial charge in [0, 0.05) is 42.9 Å². The Bertz CT molecular complexity index is 607. The summed E-state index contributed by atoms with van der Waals surface area (Å²) in [7, 11) is 0. The number of pyridine rings is 1. The van der Waals surface area contributed by atoms with Gasteiger partial charge < -0.3 is 14.6 Å². The van der Waals surface area contributed by atoms with Gasteiger partial charge in [0.15, 0.2) is 5.82 Å². The Morgan fingerprint density at radius 2 is 2.29 bits per heavy atom. The van der Waals surface area contributed by atoms with E-state index in [2.05, 4.69) is 59.8 Å². The van der Waals surface area contributed by atoms with E-state index in [9.17, 15) is 0 Å². The van der Waals surface area contributed by atoms with E-state index in [1.54, 1.807) is 0 Å². The highest BCUT2D eigenvalue weighted by atomic mass is 32.2. The number of nitrogens with one attached hydrogen (secondary N) is 1. The Morgan fingerprint density at radius 3 is 3.05 bits per heavy atom. The van der Waals surface area contributed by atoms with E-state index in [0.717, 1.165) is 24.6 Å². The lowest BCUT2D eigenvalue weighted by Crippen LogP contribution is -2.41. The maximum absolute atomic E-state index is 4.90. The zero-order valence-electron chi connectivity index (χ0n) is 13.0. The fraction of sp³-hybridized carbons (Fsp3) is 0.562. The van der Waals surface area contributed by atoms with Gasteiger partial charge in [-0.3, -0.25) is 0 Å². The Kier molecular flexibility index (Phi) is 4.40. The molecule has 0 saturated carbocycles. The second-order valence-corrected chi connectivity index (χ2v) is 7.11. The van der Waals surface area contributed by atoms with Gasteiger partial charge >= 0.3 is 0 Å². The maximum Gasteiger partial charge on any atom is 0.152 e. The van der Waals surface area contributed by atoms with Crippen molar-refractivity contribution >= 4 is 23.2 Å². The number of rotatable bonds is 4. The number of aromatic nitrogens is 2. The number of hydrogen-bond donors (Lipinski definition) is 1. The van der Waals surface area contributed by atoms with Crippen molar-refractivity contribution in [3.05, 3.63) is 30.1 Å². The van der Waals surface area contributed by atoms with Crippen molar-refractivity contribution in [2.75, 3.05) is 23.0 Å². The van der Waals surface area contributed by atoms with Gasteiger partial charge in [-0.15, -0.1) is 0 Å². The number of thioether (sulfide) groups is 1. The third-order valence-corrected chi connectivity index (χ3v) is 5.11. The number of nitrogens with zero attached hydrogens (tertiary/aromatic N) is 3. The minimum absolute atomic E-state index is 0.474. The molecule has 2 aromatic rings. The topological polar surface area (TPSA) is 32.6 Å². The van der Waals surface area contributed by atoms with Gasteiger partial charge in [-0.2, -0.15) is 11.8 Å². The third-order valence-electron chi connectivity index (χ3n) is 3.93. The molecule has 4 nitrogen and oxygen atoms in total. The summed E-state index contributed by atoms with van der Waals surface area (Å²) in [6.07, 6.45) is 2.12. The van der Waals surface area contributed by atoms with Crippen LogP contribution >= 0.6 is 11.8 Å². The molecule has 1 aliphatic rings. The zero-order valence-corrected chi connectivity index (χ0v) is 13.9. The first-order chi connectivity index (χ1) is 10.2. The molecule has 0 radical (unpaired) electrons. The van der Waals surface area contributed by atoms with Crippen LogP contribution in [0.3, 0.4) is 0 Å². The number of anilines is 1.